The van der Waals surface area contributed by atoms with Gasteiger partial charge in [0.2, 0.25) is 5.91 Å². The predicted octanol–water partition coefficient (Wildman–Crippen LogP) is 3.06. The van der Waals surface area contributed by atoms with E-state index in [0.717, 1.165) is 5.56 Å². The Kier molecular flexibility index (Phi) is 4.57. The van der Waals surface area contributed by atoms with Crippen molar-refractivity contribution >= 4 is 28.2 Å². The third-order valence-corrected chi connectivity index (χ3v) is 3.42. The molecule has 0 aliphatic rings. The second-order valence-electron chi connectivity index (χ2n) is 4.27. The topological polar surface area (TPSA) is 59.1 Å². The quantitative estimate of drug-likeness (QED) is 0.862. The Hall–Kier alpha value is -2.08. The van der Waals surface area contributed by atoms with Crippen molar-refractivity contribution in [3.8, 4) is 0 Å². The average Bonchev–Trinajstić information content (AvgIpc) is 2.87. The number of aromatic nitrogens is 1. The van der Waals surface area contributed by atoms with Gasteiger partial charge in [-0.05, 0) is 24.1 Å². The fraction of sp³-hybridized carbons (Fsp3) is 0.214. The highest BCUT2D eigenvalue weighted by Crippen LogP contribution is 2.16. The first kappa shape index (κ1) is 14.3. The summed E-state index contributed by atoms with van der Waals surface area (Å²) in [6.45, 7) is 1.43. The molecule has 0 fully saturated rings. The van der Waals surface area contributed by atoms with Gasteiger partial charge in [0.25, 0.3) is 0 Å². The van der Waals surface area contributed by atoms with Gasteiger partial charge in [0, 0.05) is 18.7 Å². The smallest absolute Gasteiger partial charge is 0.226 e. The van der Waals surface area contributed by atoms with E-state index < -0.39 is 0 Å². The van der Waals surface area contributed by atoms with Gasteiger partial charge >= 0.3 is 0 Å². The summed E-state index contributed by atoms with van der Waals surface area (Å²) in [5, 5.41) is 4.67. The number of hydrogen-bond donors (Lipinski definition) is 1. The maximum atomic E-state index is 12.7. The third-order valence-electron chi connectivity index (χ3n) is 2.67. The minimum absolute atomic E-state index is 0.131. The molecule has 0 saturated heterocycles. The van der Waals surface area contributed by atoms with Crippen molar-refractivity contribution in [2.45, 2.75) is 19.8 Å². The summed E-state index contributed by atoms with van der Waals surface area (Å²) in [6, 6.07) is 6.04. The summed E-state index contributed by atoms with van der Waals surface area (Å²) in [4.78, 5) is 26.8. The predicted molar refractivity (Wildman–Crippen MR) is 75.5 cm³/mol. The molecular formula is C14H13FN2O2S. The maximum Gasteiger partial charge on any atom is 0.226 e. The van der Waals surface area contributed by atoms with Gasteiger partial charge in [-0.15, -0.1) is 11.3 Å². The van der Waals surface area contributed by atoms with E-state index in [1.54, 1.807) is 17.5 Å². The number of aryl methyl sites for hydroxylation is 1. The van der Waals surface area contributed by atoms with Crippen LogP contribution in [0, 0.1) is 5.82 Å². The van der Waals surface area contributed by atoms with E-state index in [1.807, 2.05) is 0 Å². The summed E-state index contributed by atoms with van der Waals surface area (Å²) in [5.74, 6) is -0.607. The molecule has 104 valence electrons. The lowest BCUT2D eigenvalue weighted by Gasteiger charge is -2.02. The molecule has 0 spiro atoms. The Morgan fingerprint density at radius 1 is 1.30 bits per heavy atom. The second-order valence-corrected chi connectivity index (χ2v) is 5.13. The van der Waals surface area contributed by atoms with E-state index in [2.05, 4.69) is 10.3 Å². The van der Waals surface area contributed by atoms with Crippen LogP contribution in [0.2, 0.25) is 0 Å². The summed E-state index contributed by atoms with van der Waals surface area (Å²) in [7, 11) is 0. The lowest BCUT2D eigenvalue weighted by Crippen LogP contribution is -2.12. The number of benzene rings is 1. The van der Waals surface area contributed by atoms with Gasteiger partial charge in [0.05, 0.1) is 0 Å². The van der Waals surface area contributed by atoms with Gasteiger partial charge in [-0.1, -0.05) is 12.1 Å². The molecule has 0 unspecified atom stereocenters. The molecule has 0 aliphatic heterocycles. The number of nitrogens with one attached hydrogen (secondary N) is 1. The van der Waals surface area contributed by atoms with Gasteiger partial charge in [-0.2, -0.15) is 0 Å². The number of carbonyl (C=O) groups excluding carboxylic acids is 2. The van der Waals surface area contributed by atoms with Crippen LogP contribution in [-0.4, -0.2) is 16.7 Å². The Morgan fingerprint density at radius 2 is 2.00 bits per heavy atom. The third kappa shape index (κ3) is 3.96. The second kappa shape index (κ2) is 6.38. The number of hydrogen-bond acceptors (Lipinski definition) is 4. The van der Waals surface area contributed by atoms with Crippen LogP contribution in [0.3, 0.4) is 0 Å². The molecule has 0 radical (unpaired) electrons. The van der Waals surface area contributed by atoms with E-state index in [4.69, 9.17) is 0 Å². The van der Waals surface area contributed by atoms with Gasteiger partial charge in [-0.25, -0.2) is 9.37 Å². The van der Waals surface area contributed by atoms with Crippen molar-refractivity contribution in [3.05, 3.63) is 46.7 Å². The number of halogens is 1. The average molecular weight is 292 g/mol. The molecule has 0 saturated carbocycles. The number of ketones is 1. The van der Waals surface area contributed by atoms with Crippen molar-refractivity contribution in [3.63, 3.8) is 0 Å². The zero-order chi connectivity index (χ0) is 14.5. The normalized spacial score (nSPS) is 10.3. The molecule has 2 rings (SSSR count). The van der Waals surface area contributed by atoms with Crippen LogP contribution in [0.4, 0.5) is 9.52 Å². The van der Waals surface area contributed by atoms with E-state index in [0.29, 0.717) is 17.2 Å². The number of Topliss-reactive ketones (excluding diaryl/α,β-unsaturated/α-hetero) is 1. The number of carbonyl (C=O) groups is 2. The fourth-order valence-electron chi connectivity index (χ4n) is 1.58. The van der Waals surface area contributed by atoms with Gasteiger partial charge in [-0.3, -0.25) is 9.59 Å². The monoisotopic (exact) mass is 292 g/mol. The molecular weight excluding hydrogens is 279 g/mol. The van der Waals surface area contributed by atoms with Crippen molar-refractivity contribution in [2.75, 3.05) is 5.32 Å². The highest BCUT2D eigenvalue weighted by atomic mass is 32.1. The molecule has 20 heavy (non-hydrogen) atoms. The van der Waals surface area contributed by atoms with Gasteiger partial charge in [0.15, 0.2) is 10.9 Å². The van der Waals surface area contributed by atoms with E-state index in [1.165, 1.54) is 30.4 Å². The van der Waals surface area contributed by atoms with Crippen LogP contribution in [0.1, 0.15) is 29.4 Å². The number of thiazole rings is 1. The first-order valence-corrected chi connectivity index (χ1v) is 6.93. The summed E-state index contributed by atoms with van der Waals surface area (Å²) < 4.78 is 12.7. The van der Waals surface area contributed by atoms with Crippen molar-refractivity contribution in [1.82, 2.24) is 4.98 Å². The number of nitrogens with zero attached hydrogens (tertiary/aromatic N) is 1. The molecule has 2 aromatic rings. The molecule has 1 N–H and O–H groups in total. The van der Waals surface area contributed by atoms with E-state index >= 15 is 0 Å². The molecule has 1 heterocycles. The van der Waals surface area contributed by atoms with Crippen molar-refractivity contribution in [2.24, 2.45) is 0 Å². The first-order valence-electron chi connectivity index (χ1n) is 6.05. The fourth-order valence-corrected chi connectivity index (χ4v) is 2.35. The zero-order valence-electron chi connectivity index (χ0n) is 10.9. The van der Waals surface area contributed by atoms with Crippen LogP contribution in [0.15, 0.2) is 29.6 Å². The Morgan fingerprint density at radius 3 is 2.60 bits per heavy atom. The van der Waals surface area contributed by atoms with Crippen molar-refractivity contribution in [1.29, 1.82) is 0 Å². The minimum Gasteiger partial charge on any atom is -0.302 e. The molecule has 4 nitrogen and oxygen atoms in total. The van der Waals surface area contributed by atoms with Crippen LogP contribution < -0.4 is 5.32 Å². The standard InChI is InChI=1S/C14H13FN2O2S/c1-9(18)12-8-20-14(16-12)17-13(19)7-4-10-2-5-11(15)6-3-10/h2-3,5-6,8H,4,7H2,1H3,(H,16,17,19). The van der Waals surface area contributed by atoms with E-state index in [-0.39, 0.29) is 23.9 Å². The Bertz CT molecular complexity index is 622. The first-order chi connectivity index (χ1) is 9.54. The van der Waals surface area contributed by atoms with Gasteiger partial charge < -0.3 is 5.32 Å². The largest absolute Gasteiger partial charge is 0.302 e. The number of rotatable bonds is 5. The molecule has 6 heteroatoms. The van der Waals surface area contributed by atoms with Crippen LogP contribution in [-0.2, 0) is 11.2 Å². The number of amides is 1. The zero-order valence-corrected chi connectivity index (χ0v) is 11.7. The summed E-state index contributed by atoms with van der Waals surface area (Å²) in [5.41, 5.74) is 1.24. The van der Waals surface area contributed by atoms with Crippen LogP contribution >= 0.6 is 11.3 Å². The van der Waals surface area contributed by atoms with Crippen molar-refractivity contribution < 1.29 is 14.0 Å². The van der Waals surface area contributed by atoms with Gasteiger partial charge in [0.1, 0.15) is 11.5 Å². The molecule has 1 aromatic carbocycles. The van der Waals surface area contributed by atoms with E-state index in [9.17, 15) is 14.0 Å². The lowest BCUT2D eigenvalue weighted by atomic mass is 10.1. The Labute approximate surface area is 119 Å². The lowest BCUT2D eigenvalue weighted by molar-refractivity contribution is -0.116. The maximum absolute atomic E-state index is 12.7. The number of anilines is 1. The molecule has 0 bridgehead atoms. The SMILES string of the molecule is CC(=O)c1csc(NC(=O)CCc2ccc(F)cc2)n1. The molecule has 0 aliphatic carbocycles. The van der Waals surface area contributed by atoms with Crippen LogP contribution in [0.5, 0.6) is 0 Å². The van der Waals surface area contributed by atoms with Crippen LogP contribution in [0.25, 0.3) is 0 Å². The minimum atomic E-state index is -0.294. The Balaban J connectivity index is 1.85. The highest BCUT2D eigenvalue weighted by Gasteiger charge is 2.09. The highest BCUT2D eigenvalue weighted by molar-refractivity contribution is 7.14. The summed E-state index contributed by atoms with van der Waals surface area (Å²) >= 11 is 1.22. The molecule has 1 aromatic heterocycles. The summed E-state index contributed by atoms with van der Waals surface area (Å²) in [6.07, 6.45) is 0.803. The molecule has 1 amide bonds. The molecule has 0 atom stereocenters.